The largest absolute Gasteiger partial charge is 0.232 e. The Morgan fingerprint density at radius 1 is 0.857 bits per heavy atom. The van der Waals surface area contributed by atoms with Gasteiger partial charge in [-0.3, -0.25) is 0 Å². The van der Waals surface area contributed by atoms with Crippen LogP contribution in [-0.4, -0.2) is 9.97 Å². The number of aromatic nitrogens is 2. The zero-order valence-corrected chi connectivity index (χ0v) is 17.3. The van der Waals surface area contributed by atoms with Gasteiger partial charge in [0.15, 0.2) is 0 Å². The van der Waals surface area contributed by atoms with E-state index in [0.717, 1.165) is 38.8 Å². The number of nitrogens with zero attached hydrogens (tertiary/aromatic N) is 2. The van der Waals surface area contributed by atoms with Crippen LogP contribution in [0.15, 0.2) is 36.4 Å². The van der Waals surface area contributed by atoms with Crippen LogP contribution in [0.1, 0.15) is 47.8 Å². The van der Waals surface area contributed by atoms with Gasteiger partial charge in [-0.25, -0.2) is 14.4 Å². The monoisotopic (exact) mass is 372 g/mol. The number of hydrogen-bond donors (Lipinski definition) is 0. The van der Waals surface area contributed by atoms with Gasteiger partial charge in [0.25, 0.3) is 0 Å². The molecule has 1 heterocycles. The maximum Gasteiger partial charge on any atom is 0.132 e. The van der Waals surface area contributed by atoms with Crippen LogP contribution >= 0.6 is 0 Å². The maximum atomic E-state index is 14.7. The molecule has 0 atom stereocenters. The van der Waals surface area contributed by atoms with Crippen LogP contribution < -0.4 is 0 Å². The van der Waals surface area contributed by atoms with E-state index < -0.39 is 0 Å². The van der Waals surface area contributed by atoms with E-state index in [1.807, 2.05) is 19.9 Å². The molecule has 0 bridgehead atoms. The first kappa shape index (κ1) is 18.5. The molecular formula is C25H25FN2. The average molecular weight is 372 g/mol. The summed E-state index contributed by atoms with van der Waals surface area (Å²) < 4.78 is 14.7. The molecule has 28 heavy (non-hydrogen) atoms. The lowest BCUT2D eigenvalue weighted by Gasteiger charge is -2.15. The summed E-state index contributed by atoms with van der Waals surface area (Å²) in [5.41, 5.74) is 6.55. The van der Waals surface area contributed by atoms with E-state index in [9.17, 15) is 4.39 Å². The molecule has 0 N–H and O–H groups in total. The second kappa shape index (κ2) is 6.66. The van der Waals surface area contributed by atoms with E-state index in [4.69, 9.17) is 9.97 Å². The predicted octanol–water partition coefficient (Wildman–Crippen LogP) is 6.95. The Bertz CT molecular complexity index is 1220. The van der Waals surface area contributed by atoms with Crippen LogP contribution in [0, 0.1) is 33.5 Å². The van der Waals surface area contributed by atoms with Gasteiger partial charge in [0.1, 0.15) is 11.6 Å². The van der Waals surface area contributed by atoms with Gasteiger partial charge in [0.05, 0.1) is 11.2 Å². The normalized spacial score (nSPS) is 11.7. The number of benzene rings is 3. The van der Waals surface area contributed by atoms with Crippen LogP contribution in [-0.2, 0) is 0 Å². The van der Waals surface area contributed by atoms with E-state index in [-0.39, 0.29) is 11.7 Å². The van der Waals surface area contributed by atoms with Crippen molar-refractivity contribution in [3.63, 3.8) is 0 Å². The Hall–Kier alpha value is -2.81. The molecule has 3 heteroatoms. The summed E-state index contributed by atoms with van der Waals surface area (Å²) in [6.07, 6.45) is 0. The van der Waals surface area contributed by atoms with Crippen LogP contribution in [0.3, 0.4) is 0 Å². The second-order valence-electron chi connectivity index (χ2n) is 8.15. The van der Waals surface area contributed by atoms with Gasteiger partial charge in [0.2, 0.25) is 0 Å². The molecule has 0 aliphatic rings. The Balaban J connectivity index is 2.19. The molecule has 0 unspecified atom stereocenters. The Morgan fingerprint density at radius 2 is 1.54 bits per heavy atom. The van der Waals surface area contributed by atoms with E-state index in [0.29, 0.717) is 11.1 Å². The number of halogens is 1. The Kier molecular flexibility index (Phi) is 4.41. The van der Waals surface area contributed by atoms with Crippen LogP contribution in [0.25, 0.3) is 32.9 Å². The number of rotatable bonds is 2. The van der Waals surface area contributed by atoms with Crippen molar-refractivity contribution in [2.24, 2.45) is 0 Å². The summed E-state index contributed by atoms with van der Waals surface area (Å²) >= 11 is 0. The molecule has 1 aromatic heterocycles. The summed E-state index contributed by atoms with van der Waals surface area (Å²) in [4.78, 5) is 9.81. The fourth-order valence-corrected chi connectivity index (χ4v) is 4.03. The van der Waals surface area contributed by atoms with Crippen molar-refractivity contribution in [3.05, 3.63) is 70.3 Å². The first-order chi connectivity index (χ1) is 13.3. The highest BCUT2D eigenvalue weighted by atomic mass is 19.1. The first-order valence-electron chi connectivity index (χ1n) is 9.75. The molecule has 0 radical (unpaired) electrons. The van der Waals surface area contributed by atoms with Crippen LogP contribution in [0.4, 0.5) is 4.39 Å². The highest BCUT2D eigenvalue weighted by molar-refractivity contribution is 6.10. The van der Waals surface area contributed by atoms with Crippen molar-refractivity contribution in [1.29, 1.82) is 0 Å². The highest BCUT2D eigenvalue weighted by Gasteiger charge is 2.17. The number of aryl methyl sites for hydroxylation is 4. The maximum absolute atomic E-state index is 14.7. The van der Waals surface area contributed by atoms with Gasteiger partial charge in [-0.05, 0) is 68.5 Å². The smallest absolute Gasteiger partial charge is 0.132 e. The zero-order valence-electron chi connectivity index (χ0n) is 17.3. The standard InChI is InChI=1S/C25H25FN2/c1-13(2)25-27-23(19-10-14(3)9-15(4)11-19)20-8-7-18-12-16(5)22(26)17(6)21(18)24(20)28-25/h7-13H,1-6H3. The first-order valence-corrected chi connectivity index (χ1v) is 9.75. The Labute approximate surface area is 165 Å². The SMILES string of the molecule is Cc1cc(C)cc(-c2nc(C(C)C)nc3c2ccc2cc(C)c(F)c(C)c23)c1. The van der Waals surface area contributed by atoms with E-state index in [2.05, 4.69) is 58.0 Å². The molecule has 0 aliphatic heterocycles. The summed E-state index contributed by atoms with van der Waals surface area (Å²) in [5.74, 6) is 0.812. The molecule has 3 aromatic carbocycles. The number of hydrogen-bond acceptors (Lipinski definition) is 2. The van der Waals surface area contributed by atoms with Crippen molar-refractivity contribution in [2.75, 3.05) is 0 Å². The minimum Gasteiger partial charge on any atom is -0.232 e. The third kappa shape index (κ3) is 2.95. The minimum absolute atomic E-state index is 0.155. The summed E-state index contributed by atoms with van der Waals surface area (Å²) in [6, 6.07) is 12.5. The highest BCUT2D eigenvalue weighted by Crippen LogP contribution is 2.35. The molecule has 4 aromatic rings. The topological polar surface area (TPSA) is 25.8 Å². The molecule has 0 saturated heterocycles. The lowest BCUT2D eigenvalue weighted by molar-refractivity contribution is 0.612. The van der Waals surface area contributed by atoms with Gasteiger partial charge >= 0.3 is 0 Å². The van der Waals surface area contributed by atoms with Crippen molar-refractivity contribution >= 4 is 21.7 Å². The summed E-state index contributed by atoms with van der Waals surface area (Å²) in [5, 5.41) is 2.87. The van der Waals surface area contributed by atoms with Gasteiger partial charge in [-0.15, -0.1) is 0 Å². The fourth-order valence-electron chi connectivity index (χ4n) is 4.03. The van der Waals surface area contributed by atoms with Gasteiger partial charge in [-0.1, -0.05) is 37.1 Å². The molecule has 0 fully saturated rings. The van der Waals surface area contributed by atoms with E-state index >= 15 is 0 Å². The van der Waals surface area contributed by atoms with E-state index in [1.165, 1.54) is 11.1 Å². The fraction of sp³-hybridized carbons (Fsp3) is 0.280. The van der Waals surface area contributed by atoms with Crippen molar-refractivity contribution in [3.8, 4) is 11.3 Å². The summed E-state index contributed by atoms with van der Waals surface area (Å²) in [7, 11) is 0. The van der Waals surface area contributed by atoms with Crippen LogP contribution in [0.2, 0.25) is 0 Å². The van der Waals surface area contributed by atoms with E-state index in [1.54, 1.807) is 0 Å². The zero-order chi connectivity index (χ0) is 20.2. The molecule has 0 amide bonds. The minimum atomic E-state index is -0.155. The van der Waals surface area contributed by atoms with Crippen molar-refractivity contribution < 1.29 is 4.39 Å². The van der Waals surface area contributed by atoms with Gasteiger partial charge in [-0.2, -0.15) is 0 Å². The lowest BCUT2D eigenvalue weighted by atomic mass is 9.95. The summed E-state index contributed by atoms with van der Waals surface area (Å²) in [6.45, 7) is 12.0. The second-order valence-corrected chi connectivity index (χ2v) is 8.15. The average Bonchev–Trinajstić information content (AvgIpc) is 2.63. The van der Waals surface area contributed by atoms with Crippen LogP contribution in [0.5, 0.6) is 0 Å². The lowest BCUT2D eigenvalue weighted by Crippen LogP contribution is -2.02. The molecular weight excluding hydrogens is 347 g/mol. The number of fused-ring (bicyclic) bond motifs is 3. The molecule has 4 rings (SSSR count). The molecule has 0 saturated carbocycles. The quantitative estimate of drug-likeness (QED) is 0.356. The third-order valence-electron chi connectivity index (χ3n) is 5.35. The predicted molar refractivity (Wildman–Crippen MR) is 115 cm³/mol. The molecule has 2 nitrogen and oxygen atoms in total. The molecule has 0 aliphatic carbocycles. The van der Waals surface area contributed by atoms with Gasteiger partial charge < -0.3 is 0 Å². The third-order valence-corrected chi connectivity index (χ3v) is 5.35. The molecule has 142 valence electrons. The van der Waals surface area contributed by atoms with Gasteiger partial charge in [0, 0.05) is 22.3 Å². The van der Waals surface area contributed by atoms with Crippen molar-refractivity contribution in [1.82, 2.24) is 9.97 Å². The van der Waals surface area contributed by atoms with Crippen molar-refractivity contribution in [2.45, 2.75) is 47.5 Å². The molecule has 0 spiro atoms. The Morgan fingerprint density at radius 3 is 2.18 bits per heavy atom.